The van der Waals surface area contributed by atoms with Crippen molar-refractivity contribution in [1.29, 1.82) is 0 Å². The lowest BCUT2D eigenvalue weighted by Crippen LogP contribution is -2.42. The van der Waals surface area contributed by atoms with Gasteiger partial charge in [0.05, 0.1) is 12.4 Å². The fourth-order valence-electron chi connectivity index (χ4n) is 2.50. The Morgan fingerprint density at radius 2 is 2.00 bits per heavy atom. The molecule has 1 atom stereocenters. The average Bonchev–Trinajstić information content (AvgIpc) is 2.69. The van der Waals surface area contributed by atoms with E-state index in [0.717, 1.165) is 24.7 Å². The topological polar surface area (TPSA) is 22.1 Å². The lowest BCUT2D eigenvalue weighted by Gasteiger charge is -2.33. The number of halogens is 1. The molecular formula is C14H17ClN4. The van der Waals surface area contributed by atoms with E-state index in [0.29, 0.717) is 0 Å². The Kier molecular flexibility index (Phi) is 3.11. The Morgan fingerprint density at radius 1 is 1.26 bits per heavy atom. The Labute approximate surface area is 118 Å². The third-order valence-electron chi connectivity index (χ3n) is 3.36. The Balaban J connectivity index is 1.87. The van der Waals surface area contributed by atoms with Gasteiger partial charge in [-0.15, -0.1) is 0 Å². The minimum Gasteiger partial charge on any atom is -0.361 e. The molecular weight excluding hydrogens is 260 g/mol. The van der Waals surface area contributed by atoms with Crippen molar-refractivity contribution in [2.24, 2.45) is 4.99 Å². The van der Waals surface area contributed by atoms with E-state index in [2.05, 4.69) is 45.1 Å². The molecule has 0 saturated carbocycles. The Hall–Kier alpha value is -1.68. The maximum absolute atomic E-state index is 6.37. The van der Waals surface area contributed by atoms with Crippen molar-refractivity contribution < 1.29 is 0 Å². The number of hydrogen-bond acceptors (Lipinski definition) is 4. The molecule has 0 aromatic heterocycles. The third-order valence-corrected chi connectivity index (χ3v) is 3.69. The fourth-order valence-corrected chi connectivity index (χ4v) is 2.76. The smallest absolute Gasteiger partial charge is 0.200 e. The molecule has 0 spiro atoms. The highest BCUT2D eigenvalue weighted by Gasteiger charge is 2.34. The molecule has 1 unspecified atom stereocenters. The first-order chi connectivity index (χ1) is 9.15. The summed E-state index contributed by atoms with van der Waals surface area (Å²) in [4.78, 5) is 10.9. The van der Waals surface area contributed by atoms with Crippen LogP contribution in [0.2, 0.25) is 0 Å². The number of rotatable bonds is 2. The minimum atomic E-state index is -0.324. The molecule has 19 heavy (non-hydrogen) atoms. The molecule has 0 amide bonds. The molecule has 1 aromatic carbocycles. The van der Waals surface area contributed by atoms with E-state index in [1.54, 1.807) is 0 Å². The van der Waals surface area contributed by atoms with Crippen LogP contribution in [0.3, 0.4) is 0 Å². The quantitative estimate of drug-likeness (QED) is 0.610. The van der Waals surface area contributed by atoms with Crippen LogP contribution in [0.5, 0.6) is 0 Å². The summed E-state index contributed by atoms with van der Waals surface area (Å²) in [6, 6.07) is 10.3. The third kappa shape index (κ3) is 2.28. The molecule has 1 aromatic rings. The van der Waals surface area contributed by atoms with Crippen molar-refractivity contribution in [2.75, 3.05) is 20.8 Å². The first-order valence-corrected chi connectivity index (χ1v) is 6.75. The van der Waals surface area contributed by atoms with Crippen LogP contribution in [0.25, 0.3) is 0 Å². The first-order valence-electron chi connectivity index (χ1n) is 6.31. The molecule has 2 heterocycles. The molecule has 100 valence electrons. The van der Waals surface area contributed by atoms with Crippen molar-refractivity contribution in [3.63, 3.8) is 0 Å². The summed E-state index contributed by atoms with van der Waals surface area (Å²) < 4.78 is 0. The van der Waals surface area contributed by atoms with Gasteiger partial charge in [0.25, 0.3) is 0 Å². The normalized spacial score (nSPS) is 22.3. The van der Waals surface area contributed by atoms with Crippen LogP contribution in [0.15, 0.2) is 47.2 Å². The van der Waals surface area contributed by atoms with Crippen LogP contribution in [0.1, 0.15) is 5.56 Å². The van der Waals surface area contributed by atoms with Crippen molar-refractivity contribution in [3.8, 4) is 0 Å². The summed E-state index contributed by atoms with van der Waals surface area (Å²) in [7, 11) is 4.10. The van der Waals surface area contributed by atoms with Gasteiger partial charge in [0, 0.05) is 26.8 Å². The first kappa shape index (κ1) is 12.4. The van der Waals surface area contributed by atoms with E-state index < -0.39 is 0 Å². The standard InChI is InChI=1S/C14H17ClN4/c1-17-9-12-13(18(2)10-17)16-14(15)19(12)8-11-6-4-3-5-7-11/h3-7,9,14H,8,10H2,1-2H3. The van der Waals surface area contributed by atoms with Gasteiger partial charge in [0.2, 0.25) is 5.62 Å². The lowest BCUT2D eigenvalue weighted by molar-refractivity contribution is 0.279. The van der Waals surface area contributed by atoms with Gasteiger partial charge in [0.15, 0.2) is 5.84 Å². The SMILES string of the molecule is CN1C=C2C(=NC(Cl)N2Cc2ccccc2)N(C)C1. The highest BCUT2D eigenvalue weighted by atomic mass is 35.5. The van der Waals surface area contributed by atoms with Gasteiger partial charge in [0.1, 0.15) is 0 Å². The van der Waals surface area contributed by atoms with Gasteiger partial charge in [-0.3, -0.25) is 0 Å². The molecule has 0 N–H and O–H groups in total. The molecule has 0 saturated heterocycles. The van der Waals surface area contributed by atoms with Crippen LogP contribution in [-0.4, -0.2) is 46.9 Å². The summed E-state index contributed by atoms with van der Waals surface area (Å²) in [5.41, 5.74) is 2.01. The molecule has 3 rings (SSSR count). The van der Waals surface area contributed by atoms with Crippen LogP contribution < -0.4 is 0 Å². The van der Waals surface area contributed by atoms with Gasteiger partial charge in [-0.05, 0) is 5.56 Å². The number of alkyl halides is 1. The van der Waals surface area contributed by atoms with E-state index in [9.17, 15) is 0 Å². The molecule has 0 radical (unpaired) electrons. The molecule has 0 bridgehead atoms. The summed E-state index contributed by atoms with van der Waals surface area (Å²) in [5.74, 6) is 0.981. The van der Waals surface area contributed by atoms with Crippen molar-refractivity contribution in [1.82, 2.24) is 14.7 Å². The van der Waals surface area contributed by atoms with Crippen LogP contribution in [0.4, 0.5) is 0 Å². The van der Waals surface area contributed by atoms with Gasteiger partial charge < -0.3 is 14.7 Å². The Morgan fingerprint density at radius 3 is 2.74 bits per heavy atom. The van der Waals surface area contributed by atoms with Gasteiger partial charge in [-0.2, -0.15) is 0 Å². The number of nitrogens with zero attached hydrogens (tertiary/aromatic N) is 4. The Bertz CT molecular complexity index is 526. The van der Waals surface area contributed by atoms with Crippen molar-refractivity contribution >= 4 is 17.4 Å². The van der Waals surface area contributed by atoms with Crippen LogP contribution in [-0.2, 0) is 6.54 Å². The number of amidine groups is 1. The van der Waals surface area contributed by atoms with E-state index >= 15 is 0 Å². The summed E-state index contributed by atoms with van der Waals surface area (Å²) in [6.45, 7) is 1.61. The zero-order chi connectivity index (χ0) is 13.4. The number of fused-ring (bicyclic) bond motifs is 1. The maximum Gasteiger partial charge on any atom is 0.200 e. The zero-order valence-electron chi connectivity index (χ0n) is 11.1. The maximum atomic E-state index is 6.37. The molecule has 0 fully saturated rings. The second kappa shape index (κ2) is 4.78. The van der Waals surface area contributed by atoms with Crippen LogP contribution >= 0.6 is 11.6 Å². The van der Waals surface area contributed by atoms with Gasteiger partial charge in [-0.1, -0.05) is 41.9 Å². The number of aliphatic imine (C=N–C) groups is 1. The molecule has 2 aliphatic heterocycles. The molecule has 4 nitrogen and oxygen atoms in total. The molecule has 5 heteroatoms. The van der Waals surface area contributed by atoms with Crippen molar-refractivity contribution in [3.05, 3.63) is 47.8 Å². The van der Waals surface area contributed by atoms with E-state index in [1.807, 2.05) is 25.2 Å². The molecule has 0 aliphatic carbocycles. The number of benzene rings is 1. The van der Waals surface area contributed by atoms with Gasteiger partial charge >= 0.3 is 0 Å². The highest BCUT2D eigenvalue weighted by molar-refractivity contribution is 6.22. The fraction of sp³-hybridized carbons (Fsp3) is 0.357. The monoisotopic (exact) mass is 276 g/mol. The summed E-state index contributed by atoms with van der Waals surface area (Å²) >= 11 is 6.37. The predicted octanol–water partition coefficient (Wildman–Crippen LogP) is 2.10. The van der Waals surface area contributed by atoms with E-state index in [4.69, 9.17) is 11.6 Å². The molecule has 2 aliphatic rings. The number of likely N-dealkylation sites (N-methyl/N-ethyl adjacent to an activating group) is 1. The van der Waals surface area contributed by atoms with Gasteiger partial charge in [-0.25, -0.2) is 4.99 Å². The van der Waals surface area contributed by atoms with Crippen LogP contribution in [0, 0.1) is 0 Å². The second-order valence-electron chi connectivity index (χ2n) is 4.99. The lowest BCUT2D eigenvalue weighted by atomic mass is 10.2. The summed E-state index contributed by atoms with van der Waals surface area (Å²) in [6.07, 6.45) is 2.12. The zero-order valence-corrected chi connectivity index (χ0v) is 11.9. The highest BCUT2D eigenvalue weighted by Crippen LogP contribution is 2.29. The summed E-state index contributed by atoms with van der Waals surface area (Å²) in [5, 5.41) is 0. The van der Waals surface area contributed by atoms with E-state index in [-0.39, 0.29) is 5.62 Å². The average molecular weight is 277 g/mol. The van der Waals surface area contributed by atoms with E-state index in [1.165, 1.54) is 5.56 Å². The predicted molar refractivity (Wildman–Crippen MR) is 77.5 cm³/mol. The largest absolute Gasteiger partial charge is 0.361 e. The second-order valence-corrected chi connectivity index (χ2v) is 5.38. The minimum absolute atomic E-state index is 0.324. The number of hydrogen-bond donors (Lipinski definition) is 0. The van der Waals surface area contributed by atoms with Crippen molar-refractivity contribution in [2.45, 2.75) is 12.2 Å².